The Labute approximate surface area is 219 Å². The number of nitriles is 1. The van der Waals surface area contributed by atoms with E-state index < -0.39 is 11.7 Å². The summed E-state index contributed by atoms with van der Waals surface area (Å²) in [5, 5.41) is 10.3. The minimum atomic E-state index is -0.759. The Hall–Kier alpha value is -3.31. The van der Waals surface area contributed by atoms with Gasteiger partial charge in [-0.15, -0.1) is 0 Å². The van der Waals surface area contributed by atoms with Crippen LogP contribution in [0, 0.1) is 22.6 Å². The first-order valence-electron chi connectivity index (χ1n) is 11.9. The van der Waals surface area contributed by atoms with Crippen LogP contribution >= 0.6 is 15.9 Å². The molecule has 1 heterocycles. The first-order valence-corrected chi connectivity index (χ1v) is 12.7. The van der Waals surface area contributed by atoms with Crippen molar-refractivity contribution in [2.24, 2.45) is 11.1 Å². The second kappa shape index (κ2) is 9.98. The molecule has 6 nitrogen and oxygen atoms in total. The van der Waals surface area contributed by atoms with Crippen LogP contribution in [0.1, 0.15) is 52.0 Å². The average molecular weight is 554 g/mol. The fraction of sp³-hybridized carbons (Fsp3) is 0.357. The fourth-order valence-electron chi connectivity index (χ4n) is 5.05. The number of nitrogens with two attached hydrogens (primary N) is 1. The number of Topliss-reactive ketones (excluding diaryl/α,β-unsaturated/α-hetero) is 1. The smallest absolute Gasteiger partial charge is 0.162 e. The lowest BCUT2D eigenvalue weighted by atomic mass is 9.68. The van der Waals surface area contributed by atoms with Crippen molar-refractivity contribution in [1.29, 1.82) is 5.26 Å². The van der Waals surface area contributed by atoms with Gasteiger partial charge in [0, 0.05) is 27.7 Å². The van der Waals surface area contributed by atoms with Crippen molar-refractivity contribution in [1.82, 2.24) is 0 Å². The molecule has 0 bridgehead atoms. The molecule has 2 aromatic rings. The van der Waals surface area contributed by atoms with E-state index in [4.69, 9.17) is 15.2 Å². The highest BCUT2D eigenvalue weighted by Crippen LogP contribution is 2.52. The molecular formula is C28H29BrFN3O3. The highest BCUT2D eigenvalue weighted by Gasteiger charge is 2.46. The lowest BCUT2D eigenvalue weighted by molar-refractivity contribution is -0.118. The summed E-state index contributed by atoms with van der Waals surface area (Å²) in [5.41, 5.74) is 8.30. The van der Waals surface area contributed by atoms with E-state index in [-0.39, 0.29) is 28.3 Å². The van der Waals surface area contributed by atoms with Gasteiger partial charge in [-0.25, -0.2) is 4.39 Å². The molecule has 1 aliphatic heterocycles. The van der Waals surface area contributed by atoms with E-state index in [9.17, 15) is 10.1 Å². The molecule has 0 amide bonds. The molecule has 1 aliphatic carbocycles. The van der Waals surface area contributed by atoms with Crippen molar-refractivity contribution >= 4 is 27.4 Å². The Bertz CT molecular complexity index is 1330. The van der Waals surface area contributed by atoms with E-state index in [1.807, 2.05) is 27.7 Å². The van der Waals surface area contributed by atoms with Crippen LogP contribution in [0.3, 0.4) is 0 Å². The SMILES string of the molecule is CCOc1ccc(OCC)c(C2C(C#N)=C(N)N(c3ccc(Br)cc3F)C3=C2C(=O)CC(C)(C)C3)c1. The minimum absolute atomic E-state index is 0.0947. The van der Waals surface area contributed by atoms with E-state index in [0.717, 1.165) is 0 Å². The summed E-state index contributed by atoms with van der Waals surface area (Å²) < 4.78 is 27.4. The molecule has 188 valence electrons. The quantitative estimate of drug-likeness (QED) is 0.449. The molecule has 2 aromatic carbocycles. The highest BCUT2D eigenvalue weighted by molar-refractivity contribution is 9.10. The Kier molecular flexibility index (Phi) is 7.14. The number of ether oxygens (including phenoxy) is 2. The maximum atomic E-state index is 15.2. The standard InChI is InChI=1S/C28H29BrFN3O3/c1-5-35-17-8-10-24(36-6-2)18(12-17)25-19(15-31)27(32)33(21-9-7-16(29)11-20(21)30)22-13-28(3,4)14-23(34)26(22)25/h7-12,25H,5-6,13-14,32H2,1-4H3. The summed E-state index contributed by atoms with van der Waals surface area (Å²) in [5.74, 6) is -0.141. The van der Waals surface area contributed by atoms with Crippen molar-refractivity contribution in [2.45, 2.75) is 46.5 Å². The molecule has 8 heteroatoms. The van der Waals surface area contributed by atoms with Gasteiger partial charge < -0.3 is 15.2 Å². The molecule has 0 saturated carbocycles. The Balaban J connectivity index is 2.04. The van der Waals surface area contributed by atoms with Crippen molar-refractivity contribution in [3.05, 3.63) is 74.9 Å². The lowest BCUT2D eigenvalue weighted by Gasteiger charge is -2.44. The number of halogens is 2. The van der Waals surface area contributed by atoms with Crippen LogP contribution in [-0.4, -0.2) is 19.0 Å². The van der Waals surface area contributed by atoms with Crippen LogP contribution in [0.2, 0.25) is 0 Å². The highest BCUT2D eigenvalue weighted by atomic mass is 79.9. The zero-order chi connectivity index (χ0) is 26.2. The molecule has 0 saturated heterocycles. The normalized spacial score (nSPS) is 19.2. The average Bonchev–Trinajstić information content (AvgIpc) is 2.80. The summed E-state index contributed by atoms with van der Waals surface area (Å²) in [6, 6.07) is 12.3. The number of benzene rings is 2. The van der Waals surface area contributed by atoms with Crippen molar-refractivity contribution in [2.75, 3.05) is 18.1 Å². The van der Waals surface area contributed by atoms with E-state index in [1.165, 1.54) is 11.0 Å². The first kappa shape index (κ1) is 25.8. The van der Waals surface area contributed by atoms with Gasteiger partial charge in [-0.05, 0) is 62.1 Å². The lowest BCUT2D eigenvalue weighted by Crippen LogP contribution is -2.42. The third-order valence-corrected chi connectivity index (χ3v) is 6.93. The van der Waals surface area contributed by atoms with Crippen LogP contribution in [0.25, 0.3) is 0 Å². The van der Waals surface area contributed by atoms with Crippen LogP contribution < -0.4 is 20.1 Å². The molecule has 36 heavy (non-hydrogen) atoms. The Morgan fingerprint density at radius 2 is 1.89 bits per heavy atom. The van der Waals surface area contributed by atoms with Crippen LogP contribution in [0.15, 0.2) is 63.5 Å². The van der Waals surface area contributed by atoms with Gasteiger partial charge >= 0.3 is 0 Å². The molecule has 4 rings (SSSR count). The van der Waals surface area contributed by atoms with E-state index in [2.05, 4.69) is 22.0 Å². The number of allylic oxidation sites excluding steroid dienone is 3. The third kappa shape index (κ3) is 4.60. The predicted octanol–water partition coefficient (Wildman–Crippen LogP) is 6.33. The van der Waals surface area contributed by atoms with Crippen LogP contribution in [0.4, 0.5) is 10.1 Å². The number of hydrogen-bond donors (Lipinski definition) is 1. The summed E-state index contributed by atoms with van der Waals surface area (Å²) in [4.78, 5) is 15.3. The number of hydrogen-bond acceptors (Lipinski definition) is 6. The summed E-state index contributed by atoms with van der Waals surface area (Å²) in [7, 11) is 0. The molecule has 0 spiro atoms. The maximum Gasteiger partial charge on any atom is 0.162 e. The summed E-state index contributed by atoms with van der Waals surface area (Å²) >= 11 is 3.29. The number of carbonyl (C=O) groups excluding carboxylic acids is 1. The number of anilines is 1. The molecule has 1 atom stereocenters. The van der Waals surface area contributed by atoms with Gasteiger partial charge in [0.05, 0.1) is 36.5 Å². The molecule has 0 aromatic heterocycles. The van der Waals surface area contributed by atoms with Crippen molar-refractivity contribution < 1.29 is 18.7 Å². The van der Waals surface area contributed by atoms with Crippen molar-refractivity contribution in [3.63, 3.8) is 0 Å². The van der Waals surface area contributed by atoms with Gasteiger partial charge in [-0.2, -0.15) is 5.26 Å². The second-order valence-corrected chi connectivity index (χ2v) is 10.6. The first-order chi connectivity index (χ1) is 17.1. The van der Waals surface area contributed by atoms with Gasteiger partial charge in [0.15, 0.2) is 5.78 Å². The fourth-order valence-corrected chi connectivity index (χ4v) is 5.39. The van der Waals surface area contributed by atoms with Gasteiger partial charge in [0.25, 0.3) is 0 Å². The largest absolute Gasteiger partial charge is 0.494 e. The van der Waals surface area contributed by atoms with E-state index in [0.29, 0.717) is 58.9 Å². The molecule has 0 fully saturated rings. The molecular weight excluding hydrogens is 525 g/mol. The zero-order valence-corrected chi connectivity index (χ0v) is 22.4. The number of rotatable bonds is 6. The number of ketones is 1. The van der Waals surface area contributed by atoms with E-state index in [1.54, 1.807) is 30.3 Å². The summed E-state index contributed by atoms with van der Waals surface area (Å²) in [6.07, 6.45) is 0.779. The van der Waals surface area contributed by atoms with Gasteiger partial charge in [-0.1, -0.05) is 29.8 Å². The zero-order valence-electron chi connectivity index (χ0n) is 20.8. The minimum Gasteiger partial charge on any atom is -0.494 e. The Morgan fingerprint density at radius 3 is 2.53 bits per heavy atom. The van der Waals surface area contributed by atoms with Gasteiger partial charge in [0.1, 0.15) is 23.1 Å². The summed E-state index contributed by atoms with van der Waals surface area (Å²) in [6.45, 7) is 8.61. The monoisotopic (exact) mass is 553 g/mol. The van der Waals surface area contributed by atoms with Crippen molar-refractivity contribution in [3.8, 4) is 17.6 Å². The van der Waals surface area contributed by atoms with E-state index >= 15 is 4.39 Å². The van der Waals surface area contributed by atoms with Crippen LogP contribution in [0.5, 0.6) is 11.5 Å². The Morgan fingerprint density at radius 1 is 1.17 bits per heavy atom. The molecule has 2 aliphatic rings. The van der Waals surface area contributed by atoms with Gasteiger partial charge in [-0.3, -0.25) is 9.69 Å². The number of nitrogens with zero attached hydrogens (tertiary/aromatic N) is 2. The molecule has 2 N–H and O–H groups in total. The molecule has 0 radical (unpaired) electrons. The predicted molar refractivity (Wildman–Crippen MR) is 140 cm³/mol. The number of carbonyl (C=O) groups is 1. The third-order valence-electron chi connectivity index (χ3n) is 6.43. The second-order valence-electron chi connectivity index (χ2n) is 9.64. The maximum absolute atomic E-state index is 15.2. The molecule has 1 unspecified atom stereocenters. The van der Waals surface area contributed by atoms with Gasteiger partial charge in [0.2, 0.25) is 0 Å². The van der Waals surface area contributed by atoms with Crippen LogP contribution in [-0.2, 0) is 4.79 Å². The topological polar surface area (TPSA) is 88.6 Å².